The van der Waals surface area contributed by atoms with Gasteiger partial charge in [0.05, 0.1) is 5.69 Å². The fraction of sp³-hybridized carbons (Fsp3) is 0.0500. The molecule has 4 aromatic rings. The predicted molar refractivity (Wildman–Crippen MR) is 103 cm³/mol. The van der Waals surface area contributed by atoms with Crippen LogP contribution in [0.2, 0.25) is 0 Å². The van der Waals surface area contributed by atoms with Crippen molar-refractivity contribution >= 4 is 22.4 Å². The second-order valence-corrected chi connectivity index (χ2v) is 6.89. The summed E-state index contributed by atoms with van der Waals surface area (Å²) in [5, 5.41) is 14.0. The maximum atomic E-state index is 13.4. The van der Waals surface area contributed by atoms with Crippen molar-refractivity contribution in [1.29, 1.82) is 5.26 Å². The van der Waals surface area contributed by atoms with E-state index in [2.05, 4.69) is 10.3 Å². The number of aryl methyl sites for hydroxylation is 1. The van der Waals surface area contributed by atoms with Crippen LogP contribution in [0.3, 0.4) is 0 Å². The second kappa shape index (κ2) is 7.33. The van der Waals surface area contributed by atoms with E-state index < -0.39 is 17.5 Å². The van der Waals surface area contributed by atoms with Crippen molar-refractivity contribution < 1.29 is 18.0 Å². The molecular formula is C20H12F2N4O2S. The first-order valence-corrected chi connectivity index (χ1v) is 9.25. The Balaban J connectivity index is 1.62. The van der Waals surface area contributed by atoms with E-state index in [1.54, 1.807) is 41.4 Å². The number of hydrogen-bond donors (Lipinski definition) is 1. The highest BCUT2D eigenvalue weighted by Crippen LogP contribution is 2.29. The normalized spacial score (nSPS) is 10.7. The average molecular weight is 410 g/mol. The molecule has 0 aliphatic heterocycles. The Morgan fingerprint density at radius 2 is 2.03 bits per heavy atom. The molecule has 0 saturated carbocycles. The number of carbonyl (C=O) groups is 1. The van der Waals surface area contributed by atoms with Gasteiger partial charge in [0.15, 0.2) is 16.8 Å². The van der Waals surface area contributed by atoms with Crippen LogP contribution >= 0.6 is 11.3 Å². The van der Waals surface area contributed by atoms with Crippen molar-refractivity contribution in [3.8, 4) is 23.2 Å². The Bertz CT molecular complexity index is 1250. The molecule has 0 fully saturated rings. The maximum absolute atomic E-state index is 13.4. The van der Waals surface area contributed by atoms with E-state index in [-0.39, 0.29) is 22.1 Å². The van der Waals surface area contributed by atoms with E-state index in [0.29, 0.717) is 17.0 Å². The van der Waals surface area contributed by atoms with Crippen LogP contribution in [0.5, 0.6) is 0 Å². The van der Waals surface area contributed by atoms with E-state index in [1.807, 2.05) is 6.07 Å². The van der Waals surface area contributed by atoms with Gasteiger partial charge in [-0.05, 0) is 37.3 Å². The summed E-state index contributed by atoms with van der Waals surface area (Å²) in [5.41, 5.74) is 0.990. The first-order chi connectivity index (χ1) is 14.0. The van der Waals surface area contributed by atoms with Gasteiger partial charge >= 0.3 is 0 Å². The number of furan rings is 1. The van der Waals surface area contributed by atoms with E-state index in [4.69, 9.17) is 4.42 Å². The summed E-state index contributed by atoms with van der Waals surface area (Å²) < 4.78 is 33.8. The number of hydrogen-bond acceptors (Lipinski definition) is 5. The molecule has 9 heteroatoms. The molecule has 0 aliphatic rings. The van der Waals surface area contributed by atoms with Gasteiger partial charge in [-0.15, -0.1) is 11.3 Å². The number of nitrogens with one attached hydrogen (secondary N) is 1. The summed E-state index contributed by atoms with van der Waals surface area (Å²) in [6.07, 6.45) is 3.41. The van der Waals surface area contributed by atoms with Crippen molar-refractivity contribution in [2.75, 3.05) is 5.32 Å². The van der Waals surface area contributed by atoms with Crippen molar-refractivity contribution in [2.24, 2.45) is 0 Å². The summed E-state index contributed by atoms with van der Waals surface area (Å²) in [6, 6.07) is 9.00. The summed E-state index contributed by atoms with van der Waals surface area (Å²) in [5.74, 6) is -1.93. The fourth-order valence-electron chi connectivity index (χ4n) is 2.84. The molecule has 6 nitrogen and oxygen atoms in total. The van der Waals surface area contributed by atoms with Crippen LogP contribution in [0, 0.1) is 29.9 Å². The average Bonchev–Trinajstić information content (AvgIpc) is 3.43. The lowest BCUT2D eigenvalue weighted by Gasteiger charge is -2.01. The molecule has 29 heavy (non-hydrogen) atoms. The highest BCUT2D eigenvalue weighted by Gasteiger charge is 2.25. The minimum atomic E-state index is -0.980. The lowest BCUT2D eigenvalue weighted by Crippen LogP contribution is -2.13. The molecule has 0 radical (unpaired) electrons. The first-order valence-electron chi connectivity index (χ1n) is 8.37. The zero-order valence-corrected chi connectivity index (χ0v) is 15.8. The monoisotopic (exact) mass is 410 g/mol. The van der Waals surface area contributed by atoms with Gasteiger partial charge in [0.1, 0.15) is 23.0 Å². The van der Waals surface area contributed by atoms with E-state index >= 15 is 0 Å². The van der Waals surface area contributed by atoms with Gasteiger partial charge in [0.25, 0.3) is 5.91 Å². The molecule has 3 aromatic heterocycles. The fourth-order valence-corrected chi connectivity index (χ4v) is 3.55. The number of carbonyl (C=O) groups excluding carboxylic acids is 1. The number of rotatable bonds is 4. The molecular weight excluding hydrogens is 398 g/mol. The number of thiazole rings is 1. The molecule has 1 amide bonds. The Hall–Kier alpha value is -3.77. The van der Waals surface area contributed by atoms with Crippen LogP contribution in [-0.4, -0.2) is 15.5 Å². The maximum Gasteiger partial charge on any atom is 0.262 e. The summed E-state index contributed by atoms with van der Waals surface area (Å²) in [6.45, 7) is 1.59. The molecule has 1 N–H and O–H groups in total. The molecule has 4 rings (SSSR count). The minimum absolute atomic E-state index is 0.105. The number of amides is 1. The van der Waals surface area contributed by atoms with Crippen molar-refractivity contribution in [1.82, 2.24) is 9.55 Å². The van der Waals surface area contributed by atoms with Crippen LogP contribution in [0.25, 0.3) is 17.1 Å². The highest BCUT2D eigenvalue weighted by atomic mass is 32.1. The Kier molecular flexibility index (Phi) is 4.70. The van der Waals surface area contributed by atoms with Gasteiger partial charge in [0.2, 0.25) is 5.88 Å². The molecule has 144 valence electrons. The molecule has 0 bridgehead atoms. The third-order valence-corrected chi connectivity index (χ3v) is 4.94. The van der Waals surface area contributed by atoms with Crippen molar-refractivity contribution in [2.45, 2.75) is 6.92 Å². The molecule has 0 spiro atoms. The highest BCUT2D eigenvalue weighted by molar-refractivity contribution is 7.14. The zero-order chi connectivity index (χ0) is 20.5. The van der Waals surface area contributed by atoms with Gasteiger partial charge in [0, 0.05) is 23.3 Å². The van der Waals surface area contributed by atoms with Gasteiger partial charge in [-0.3, -0.25) is 14.7 Å². The molecule has 1 aromatic carbocycles. The van der Waals surface area contributed by atoms with Crippen LogP contribution < -0.4 is 5.32 Å². The SMILES string of the molecule is Cc1oc(-n2cccc2)c(C#N)c1C(=O)Nc1nc(-c2ccc(F)c(F)c2)cs1. The number of nitriles is 1. The molecule has 0 aliphatic carbocycles. The number of nitrogens with zero attached hydrogens (tertiary/aromatic N) is 3. The number of aromatic nitrogens is 2. The zero-order valence-electron chi connectivity index (χ0n) is 14.9. The van der Waals surface area contributed by atoms with E-state index in [1.165, 1.54) is 6.07 Å². The smallest absolute Gasteiger partial charge is 0.262 e. The Morgan fingerprint density at radius 3 is 2.72 bits per heavy atom. The van der Waals surface area contributed by atoms with Gasteiger partial charge in [-0.25, -0.2) is 13.8 Å². The number of benzene rings is 1. The summed E-state index contributed by atoms with van der Waals surface area (Å²) in [4.78, 5) is 17.0. The van der Waals surface area contributed by atoms with Gasteiger partial charge in [-0.1, -0.05) is 0 Å². The van der Waals surface area contributed by atoms with Gasteiger partial charge < -0.3 is 4.42 Å². The quantitative estimate of drug-likeness (QED) is 0.518. The lowest BCUT2D eigenvalue weighted by atomic mass is 10.1. The van der Waals surface area contributed by atoms with Crippen molar-refractivity contribution in [3.63, 3.8) is 0 Å². The number of halogens is 2. The van der Waals surface area contributed by atoms with Crippen LogP contribution in [0.15, 0.2) is 52.5 Å². The third-order valence-electron chi connectivity index (χ3n) is 4.18. The summed E-state index contributed by atoms with van der Waals surface area (Å²) >= 11 is 1.12. The largest absolute Gasteiger partial charge is 0.443 e. The molecule has 3 heterocycles. The van der Waals surface area contributed by atoms with Crippen LogP contribution in [-0.2, 0) is 0 Å². The third kappa shape index (κ3) is 3.41. The molecule has 0 saturated heterocycles. The van der Waals surface area contributed by atoms with Crippen LogP contribution in [0.1, 0.15) is 21.7 Å². The van der Waals surface area contributed by atoms with E-state index in [9.17, 15) is 18.8 Å². The predicted octanol–water partition coefficient (Wildman–Crippen LogP) is 4.90. The van der Waals surface area contributed by atoms with E-state index in [0.717, 1.165) is 23.5 Å². The first kappa shape index (κ1) is 18.6. The molecule has 0 atom stereocenters. The number of anilines is 1. The van der Waals surface area contributed by atoms with Crippen LogP contribution in [0.4, 0.5) is 13.9 Å². The van der Waals surface area contributed by atoms with Gasteiger partial charge in [-0.2, -0.15) is 5.26 Å². The summed E-state index contributed by atoms with van der Waals surface area (Å²) in [7, 11) is 0. The van der Waals surface area contributed by atoms with Crippen molar-refractivity contribution in [3.05, 3.63) is 76.6 Å². The standard InChI is InChI=1S/C20H12F2N4O2S/c1-11-17(13(9-23)19(28-11)26-6-2-3-7-26)18(27)25-20-24-16(10-29-20)12-4-5-14(21)15(22)8-12/h2-8,10H,1H3,(H,24,25,27). The Labute approximate surface area is 167 Å². The Morgan fingerprint density at radius 1 is 1.28 bits per heavy atom. The topological polar surface area (TPSA) is 83.8 Å². The molecule has 0 unspecified atom stereocenters. The second-order valence-electron chi connectivity index (χ2n) is 6.04. The lowest BCUT2D eigenvalue weighted by molar-refractivity contribution is 0.102. The minimum Gasteiger partial charge on any atom is -0.443 e.